The van der Waals surface area contributed by atoms with E-state index in [1.54, 1.807) is 0 Å². The zero-order valence-electron chi connectivity index (χ0n) is 14.9. The summed E-state index contributed by atoms with van der Waals surface area (Å²) in [5, 5.41) is 2.39. The molecule has 1 heterocycles. The first-order valence-electron chi connectivity index (χ1n) is 8.96. The summed E-state index contributed by atoms with van der Waals surface area (Å²) in [4.78, 5) is 0. The van der Waals surface area contributed by atoms with E-state index in [9.17, 15) is 0 Å². The van der Waals surface area contributed by atoms with Gasteiger partial charge in [-0.3, -0.25) is 4.68 Å². The number of nitrogen functional groups attached to an aromatic ring is 1. The molecule has 136 valence electrons. The van der Waals surface area contributed by atoms with E-state index in [0.717, 1.165) is 18.2 Å². The average Bonchev–Trinajstić information content (AvgIpc) is 3.02. The van der Waals surface area contributed by atoms with Gasteiger partial charge in [-0.2, -0.15) is 0 Å². The molecule has 0 saturated heterocycles. The third-order valence-electron chi connectivity index (χ3n) is 5.11. The van der Waals surface area contributed by atoms with E-state index in [-0.39, 0.29) is 0 Å². The molecule has 2 N–H and O–H groups in total. The Balaban J connectivity index is 1.86. The van der Waals surface area contributed by atoms with E-state index in [1.165, 1.54) is 33.0 Å². The summed E-state index contributed by atoms with van der Waals surface area (Å²) in [5.74, 6) is 6.56. The van der Waals surface area contributed by atoms with Crippen LogP contribution in [0, 0.1) is 7.14 Å². The van der Waals surface area contributed by atoms with Gasteiger partial charge in [0.05, 0.1) is 11.0 Å². The van der Waals surface area contributed by atoms with Crippen LogP contribution in [0.1, 0.15) is 0 Å². The van der Waals surface area contributed by atoms with Crippen molar-refractivity contribution in [2.75, 3.05) is 5.84 Å². The molecule has 0 aliphatic heterocycles. The molecule has 0 aliphatic rings. The lowest BCUT2D eigenvalue weighted by atomic mass is 10.0. The fourth-order valence-corrected chi connectivity index (χ4v) is 5.58. The molecule has 5 rings (SSSR count). The van der Waals surface area contributed by atoms with Gasteiger partial charge in [-0.1, -0.05) is 60.7 Å². The van der Waals surface area contributed by atoms with E-state index < -0.39 is 0 Å². The molecule has 0 saturated carbocycles. The highest BCUT2D eigenvalue weighted by atomic mass is 127. The van der Waals surface area contributed by atoms with Crippen LogP contribution in [-0.4, -0.2) is 4.68 Å². The van der Waals surface area contributed by atoms with Gasteiger partial charge in [-0.25, -0.2) is 0 Å². The molecule has 0 bridgehead atoms. The Morgan fingerprint density at radius 2 is 0.929 bits per heavy atom. The van der Waals surface area contributed by atoms with Crippen molar-refractivity contribution in [3.05, 3.63) is 92.1 Å². The lowest BCUT2D eigenvalue weighted by molar-refractivity contribution is 1.11. The van der Waals surface area contributed by atoms with Crippen LogP contribution < -0.4 is 5.84 Å². The van der Waals surface area contributed by atoms with Crippen molar-refractivity contribution >= 4 is 67.0 Å². The largest absolute Gasteiger partial charge is 0.338 e. The Morgan fingerprint density at radius 3 is 1.32 bits per heavy atom. The highest BCUT2D eigenvalue weighted by Gasteiger charge is 2.17. The van der Waals surface area contributed by atoms with Crippen molar-refractivity contribution in [3.8, 4) is 22.3 Å². The summed E-state index contributed by atoms with van der Waals surface area (Å²) in [7, 11) is 0. The minimum Gasteiger partial charge on any atom is -0.338 e. The van der Waals surface area contributed by atoms with Crippen molar-refractivity contribution in [2.45, 2.75) is 0 Å². The topological polar surface area (TPSA) is 30.9 Å². The Morgan fingerprint density at radius 1 is 0.536 bits per heavy atom. The third-order valence-corrected chi connectivity index (χ3v) is 6.76. The third kappa shape index (κ3) is 2.90. The Hall–Kier alpha value is -2.06. The first kappa shape index (κ1) is 18.0. The summed E-state index contributed by atoms with van der Waals surface area (Å²) in [6, 6.07) is 30.0. The number of nitrogens with two attached hydrogens (primary N) is 1. The summed E-state index contributed by atoms with van der Waals surface area (Å²) in [6.07, 6.45) is 0. The summed E-state index contributed by atoms with van der Waals surface area (Å²) in [5.41, 5.74) is 7.02. The summed E-state index contributed by atoms with van der Waals surface area (Å²) < 4.78 is 4.16. The molecule has 1 aromatic heterocycles. The lowest BCUT2D eigenvalue weighted by Gasteiger charge is -2.06. The van der Waals surface area contributed by atoms with Crippen molar-refractivity contribution in [3.63, 3.8) is 0 Å². The van der Waals surface area contributed by atoms with Gasteiger partial charge in [-0.05, 0) is 91.7 Å². The molecule has 0 radical (unpaired) electrons. The van der Waals surface area contributed by atoms with Crippen LogP contribution in [0.4, 0.5) is 0 Å². The predicted octanol–water partition coefficient (Wildman–Crippen LogP) is 7.05. The molecular weight excluding hydrogens is 570 g/mol. The van der Waals surface area contributed by atoms with Crippen LogP contribution in [0.3, 0.4) is 0 Å². The average molecular weight is 586 g/mol. The highest BCUT2D eigenvalue weighted by Crippen LogP contribution is 2.38. The number of fused-ring (bicyclic) bond motifs is 3. The number of rotatable bonds is 2. The van der Waals surface area contributed by atoms with Crippen molar-refractivity contribution in [2.24, 2.45) is 0 Å². The van der Waals surface area contributed by atoms with Gasteiger partial charge in [0.2, 0.25) is 0 Å². The maximum atomic E-state index is 6.56. The summed E-state index contributed by atoms with van der Waals surface area (Å²) >= 11 is 4.80. The lowest BCUT2D eigenvalue weighted by Crippen LogP contribution is -2.08. The molecule has 4 aromatic carbocycles. The molecule has 0 amide bonds. The van der Waals surface area contributed by atoms with Crippen molar-refractivity contribution in [1.82, 2.24) is 4.68 Å². The SMILES string of the molecule is Nn1c2c(I)cc(-c3ccccc3)cc2c2cc(-c3ccccc3)cc(I)c21. The van der Waals surface area contributed by atoms with Crippen molar-refractivity contribution in [1.29, 1.82) is 0 Å². The van der Waals surface area contributed by atoms with E-state index in [2.05, 4.69) is 118 Å². The highest BCUT2D eigenvalue weighted by molar-refractivity contribution is 14.1. The minimum absolute atomic E-state index is 1.08. The van der Waals surface area contributed by atoms with E-state index in [4.69, 9.17) is 5.84 Å². The van der Waals surface area contributed by atoms with Crippen LogP contribution in [0.2, 0.25) is 0 Å². The van der Waals surface area contributed by atoms with Gasteiger partial charge in [0.15, 0.2) is 0 Å². The predicted molar refractivity (Wildman–Crippen MR) is 136 cm³/mol. The quantitative estimate of drug-likeness (QED) is 0.175. The fourth-order valence-electron chi connectivity index (χ4n) is 3.80. The van der Waals surface area contributed by atoms with Gasteiger partial charge < -0.3 is 5.84 Å². The maximum Gasteiger partial charge on any atom is 0.0837 e. The van der Waals surface area contributed by atoms with E-state index in [0.29, 0.717) is 0 Å². The molecule has 5 aromatic rings. The van der Waals surface area contributed by atoms with Crippen LogP contribution in [0.25, 0.3) is 44.1 Å². The smallest absolute Gasteiger partial charge is 0.0837 e. The number of halogens is 2. The number of nitrogens with zero attached hydrogens (tertiary/aromatic N) is 1. The first-order chi connectivity index (χ1) is 13.6. The van der Waals surface area contributed by atoms with E-state index >= 15 is 0 Å². The number of benzene rings is 4. The molecule has 0 atom stereocenters. The molecular formula is C24H16I2N2. The fraction of sp³-hybridized carbons (Fsp3) is 0. The zero-order chi connectivity index (χ0) is 19.3. The normalized spacial score (nSPS) is 11.4. The van der Waals surface area contributed by atoms with Crippen LogP contribution in [-0.2, 0) is 0 Å². The van der Waals surface area contributed by atoms with Crippen LogP contribution >= 0.6 is 45.2 Å². The Bertz CT molecular complexity index is 1220. The molecule has 0 fully saturated rings. The number of hydrogen-bond acceptors (Lipinski definition) is 1. The van der Waals surface area contributed by atoms with Crippen LogP contribution in [0.5, 0.6) is 0 Å². The maximum absolute atomic E-state index is 6.56. The van der Waals surface area contributed by atoms with Crippen molar-refractivity contribution < 1.29 is 0 Å². The van der Waals surface area contributed by atoms with Gasteiger partial charge in [-0.15, -0.1) is 0 Å². The molecule has 0 unspecified atom stereocenters. The first-order valence-corrected chi connectivity index (χ1v) is 11.1. The second-order valence-electron chi connectivity index (χ2n) is 6.81. The van der Waals surface area contributed by atoms with Gasteiger partial charge in [0, 0.05) is 17.9 Å². The second-order valence-corrected chi connectivity index (χ2v) is 9.13. The second kappa shape index (κ2) is 7.08. The minimum atomic E-state index is 1.08. The molecule has 0 spiro atoms. The van der Waals surface area contributed by atoms with Gasteiger partial charge in [0.25, 0.3) is 0 Å². The van der Waals surface area contributed by atoms with E-state index in [1.807, 2.05) is 16.8 Å². The summed E-state index contributed by atoms with van der Waals surface area (Å²) in [6.45, 7) is 0. The molecule has 2 nitrogen and oxygen atoms in total. The number of hydrogen-bond donors (Lipinski definition) is 1. The molecule has 28 heavy (non-hydrogen) atoms. The van der Waals surface area contributed by atoms with Crippen LogP contribution in [0.15, 0.2) is 84.9 Å². The van der Waals surface area contributed by atoms with Gasteiger partial charge in [0.1, 0.15) is 0 Å². The monoisotopic (exact) mass is 586 g/mol. The van der Waals surface area contributed by atoms with Gasteiger partial charge >= 0.3 is 0 Å². The standard InChI is InChI=1S/C24H16I2N2/c25-21-13-17(15-7-3-1-4-8-15)11-19-20-12-18(16-9-5-2-6-10-16)14-22(26)24(20)28(27)23(19)21/h1-14H,27H2. The Kier molecular flexibility index (Phi) is 4.55. The molecule has 0 aliphatic carbocycles. The number of aromatic nitrogens is 1. The Labute approximate surface area is 190 Å². The zero-order valence-corrected chi connectivity index (χ0v) is 19.2. The molecule has 4 heteroatoms.